The lowest BCUT2D eigenvalue weighted by molar-refractivity contribution is -0.384. The minimum Gasteiger partial charge on any atom is -0.489 e. The highest BCUT2D eigenvalue weighted by atomic mass is 16.6. The van der Waals surface area contributed by atoms with Gasteiger partial charge in [0.05, 0.1) is 4.92 Å². The van der Waals surface area contributed by atoms with Crippen molar-refractivity contribution in [1.29, 1.82) is 0 Å². The average Bonchev–Trinajstić information content (AvgIpc) is 2.37. The lowest BCUT2D eigenvalue weighted by Crippen LogP contribution is -2.13. The van der Waals surface area contributed by atoms with E-state index < -0.39 is 4.92 Å². The summed E-state index contributed by atoms with van der Waals surface area (Å²) in [6.07, 6.45) is 3.79. The summed E-state index contributed by atoms with van der Waals surface area (Å²) in [6.45, 7) is 5.73. The first-order valence-electron chi connectivity index (χ1n) is 5.91. The zero-order valence-corrected chi connectivity index (χ0v) is 10.7. The predicted molar refractivity (Wildman–Crippen MR) is 70.8 cm³/mol. The van der Waals surface area contributed by atoms with E-state index in [1.807, 2.05) is 26.0 Å². The van der Waals surface area contributed by atoms with Crippen LogP contribution in [0.4, 0.5) is 5.69 Å². The van der Waals surface area contributed by atoms with E-state index in [1.54, 1.807) is 12.1 Å². The predicted octanol–water partition coefficient (Wildman–Crippen LogP) is 2.66. The number of nitrogens with zero attached hydrogens (tertiary/aromatic N) is 1. The maximum atomic E-state index is 10.7. The fraction of sp³-hybridized carbons (Fsp3) is 0.385. The van der Waals surface area contributed by atoms with Crippen LogP contribution in [0.15, 0.2) is 30.4 Å². The molecule has 1 aromatic rings. The summed E-state index contributed by atoms with van der Waals surface area (Å²) in [7, 11) is 0. The summed E-state index contributed by atoms with van der Waals surface area (Å²) in [4.78, 5) is 10.3. The van der Waals surface area contributed by atoms with Crippen molar-refractivity contribution in [2.45, 2.75) is 20.4 Å². The molecule has 1 N–H and O–H groups in total. The number of allylic oxidation sites excluding steroid dienone is 1. The molecule has 0 aliphatic carbocycles. The van der Waals surface area contributed by atoms with E-state index in [0.717, 1.165) is 12.1 Å². The smallest absolute Gasteiger partial charge is 0.270 e. The summed E-state index contributed by atoms with van der Waals surface area (Å²) in [6, 6.07) is 4.66. The molecule has 0 fully saturated rings. The molecular weight excluding hydrogens is 232 g/mol. The molecule has 0 saturated heterocycles. The van der Waals surface area contributed by atoms with Crippen molar-refractivity contribution in [2.75, 3.05) is 13.2 Å². The Balaban J connectivity index is 2.89. The van der Waals surface area contributed by atoms with E-state index in [4.69, 9.17) is 4.74 Å². The number of nitro benzene ring substituents is 1. The van der Waals surface area contributed by atoms with Crippen LogP contribution in [0.25, 0.3) is 0 Å². The fourth-order valence-corrected chi connectivity index (χ4v) is 1.45. The molecule has 0 spiro atoms. The van der Waals surface area contributed by atoms with E-state index in [0.29, 0.717) is 18.9 Å². The highest BCUT2D eigenvalue weighted by Crippen LogP contribution is 2.24. The number of non-ortho nitro benzene ring substituents is 1. The normalized spacial score (nSPS) is 10.8. The van der Waals surface area contributed by atoms with Crippen molar-refractivity contribution in [3.05, 3.63) is 46.0 Å². The first-order valence-corrected chi connectivity index (χ1v) is 5.91. The van der Waals surface area contributed by atoms with Crippen molar-refractivity contribution in [1.82, 2.24) is 5.32 Å². The molecule has 98 valence electrons. The van der Waals surface area contributed by atoms with Crippen LogP contribution in [0, 0.1) is 10.1 Å². The molecule has 0 unspecified atom stereocenters. The molecule has 0 aliphatic heterocycles. The number of nitrogens with one attached hydrogen (secondary N) is 1. The number of benzene rings is 1. The first-order chi connectivity index (χ1) is 8.69. The zero-order valence-electron chi connectivity index (χ0n) is 10.7. The van der Waals surface area contributed by atoms with E-state index in [9.17, 15) is 10.1 Å². The number of rotatable bonds is 7. The van der Waals surface area contributed by atoms with Crippen molar-refractivity contribution >= 4 is 5.69 Å². The van der Waals surface area contributed by atoms with Crippen LogP contribution in [0.5, 0.6) is 5.75 Å². The summed E-state index contributed by atoms with van der Waals surface area (Å²) in [5.41, 5.74) is 0.886. The maximum absolute atomic E-state index is 10.7. The Morgan fingerprint density at radius 2 is 2.28 bits per heavy atom. The SMILES string of the molecule is C/C=C/COc1ccc([N+](=O)[O-])cc1CNCC. The van der Waals surface area contributed by atoms with Crippen LogP contribution in [0.1, 0.15) is 19.4 Å². The highest BCUT2D eigenvalue weighted by molar-refractivity contribution is 5.43. The number of hydrogen-bond donors (Lipinski definition) is 1. The Kier molecular flexibility index (Phi) is 5.87. The Hall–Kier alpha value is -1.88. The molecule has 0 atom stereocenters. The van der Waals surface area contributed by atoms with Crippen LogP contribution in [-0.4, -0.2) is 18.1 Å². The second kappa shape index (κ2) is 7.45. The molecule has 5 nitrogen and oxygen atoms in total. The van der Waals surface area contributed by atoms with Crippen LogP contribution in [0.2, 0.25) is 0 Å². The number of nitro groups is 1. The van der Waals surface area contributed by atoms with Gasteiger partial charge in [0, 0.05) is 24.2 Å². The minimum absolute atomic E-state index is 0.0845. The lowest BCUT2D eigenvalue weighted by Gasteiger charge is -2.10. The van der Waals surface area contributed by atoms with E-state index in [2.05, 4.69) is 5.32 Å². The molecule has 0 aromatic heterocycles. The van der Waals surface area contributed by atoms with Gasteiger partial charge in [0.2, 0.25) is 0 Å². The highest BCUT2D eigenvalue weighted by Gasteiger charge is 2.11. The van der Waals surface area contributed by atoms with Gasteiger partial charge in [0.1, 0.15) is 12.4 Å². The van der Waals surface area contributed by atoms with Crippen molar-refractivity contribution < 1.29 is 9.66 Å². The third-order valence-corrected chi connectivity index (χ3v) is 2.39. The number of hydrogen-bond acceptors (Lipinski definition) is 4. The Morgan fingerprint density at radius 3 is 2.89 bits per heavy atom. The monoisotopic (exact) mass is 250 g/mol. The fourth-order valence-electron chi connectivity index (χ4n) is 1.45. The lowest BCUT2D eigenvalue weighted by atomic mass is 10.1. The summed E-state index contributed by atoms with van der Waals surface area (Å²) < 4.78 is 5.56. The van der Waals surface area contributed by atoms with Gasteiger partial charge in [-0.05, 0) is 19.5 Å². The maximum Gasteiger partial charge on any atom is 0.270 e. The molecular formula is C13H18N2O3. The molecule has 1 rings (SSSR count). The van der Waals surface area contributed by atoms with Crippen molar-refractivity contribution in [3.63, 3.8) is 0 Å². The largest absolute Gasteiger partial charge is 0.489 e. The van der Waals surface area contributed by atoms with Gasteiger partial charge in [0.15, 0.2) is 0 Å². The van der Waals surface area contributed by atoms with E-state index in [1.165, 1.54) is 6.07 Å². The Labute approximate surface area is 107 Å². The summed E-state index contributed by atoms with van der Waals surface area (Å²) in [5.74, 6) is 0.680. The van der Waals surface area contributed by atoms with Gasteiger partial charge >= 0.3 is 0 Å². The van der Waals surface area contributed by atoms with Crippen LogP contribution in [-0.2, 0) is 6.54 Å². The second-order valence-electron chi connectivity index (χ2n) is 3.71. The molecule has 5 heteroatoms. The standard InChI is InChI=1S/C13H18N2O3/c1-3-5-8-18-13-7-6-12(15(16)17)9-11(13)10-14-4-2/h3,5-7,9,14H,4,8,10H2,1-2H3/b5-3+. The molecule has 0 radical (unpaired) electrons. The van der Waals surface area contributed by atoms with Crippen molar-refractivity contribution in [2.24, 2.45) is 0 Å². The third-order valence-electron chi connectivity index (χ3n) is 2.39. The van der Waals surface area contributed by atoms with E-state index in [-0.39, 0.29) is 5.69 Å². The molecule has 1 aromatic carbocycles. The van der Waals surface area contributed by atoms with Crippen LogP contribution >= 0.6 is 0 Å². The Bertz CT molecular complexity index is 430. The first kappa shape index (κ1) is 14.2. The molecule has 0 amide bonds. The topological polar surface area (TPSA) is 64.4 Å². The molecule has 0 saturated carbocycles. The quantitative estimate of drug-likeness (QED) is 0.459. The van der Waals surface area contributed by atoms with E-state index >= 15 is 0 Å². The van der Waals surface area contributed by atoms with Gasteiger partial charge < -0.3 is 10.1 Å². The second-order valence-corrected chi connectivity index (χ2v) is 3.71. The van der Waals surface area contributed by atoms with Gasteiger partial charge in [-0.15, -0.1) is 0 Å². The summed E-state index contributed by atoms with van der Waals surface area (Å²) in [5, 5.41) is 13.9. The molecule has 0 bridgehead atoms. The van der Waals surface area contributed by atoms with Gasteiger partial charge in [-0.3, -0.25) is 10.1 Å². The molecule has 18 heavy (non-hydrogen) atoms. The molecule has 0 aliphatic rings. The van der Waals surface area contributed by atoms with Gasteiger partial charge in [-0.1, -0.05) is 19.1 Å². The average molecular weight is 250 g/mol. The minimum atomic E-state index is -0.398. The van der Waals surface area contributed by atoms with Crippen molar-refractivity contribution in [3.8, 4) is 5.75 Å². The van der Waals surface area contributed by atoms with Gasteiger partial charge in [-0.2, -0.15) is 0 Å². The van der Waals surface area contributed by atoms with Gasteiger partial charge in [-0.25, -0.2) is 0 Å². The number of ether oxygens (including phenoxy) is 1. The summed E-state index contributed by atoms with van der Waals surface area (Å²) >= 11 is 0. The van der Waals surface area contributed by atoms with Gasteiger partial charge in [0.25, 0.3) is 5.69 Å². The third kappa shape index (κ3) is 4.18. The van der Waals surface area contributed by atoms with Crippen LogP contribution in [0.3, 0.4) is 0 Å². The van der Waals surface area contributed by atoms with Crippen LogP contribution < -0.4 is 10.1 Å². The molecule has 0 heterocycles. The zero-order chi connectivity index (χ0) is 13.4. The Morgan fingerprint density at radius 1 is 1.50 bits per heavy atom.